The number of unbranched alkanes of at least 4 members (excludes halogenated alkanes) is 3. The lowest BCUT2D eigenvalue weighted by atomic mass is 9.86. The third-order valence-electron chi connectivity index (χ3n) is 12.3. The molecule has 1 aliphatic heterocycles. The van der Waals surface area contributed by atoms with E-state index in [1.54, 1.807) is 39.2 Å². The number of ether oxygens (including phenoxy) is 2. The van der Waals surface area contributed by atoms with Gasteiger partial charge in [-0.3, -0.25) is 19.0 Å². The summed E-state index contributed by atoms with van der Waals surface area (Å²) in [6.45, 7) is 11.6. The zero-order chi connectivity index (χ0) is 47.5. The third-order valence-corrected chi connectivity index (χ3v) is 14.7. The number of hydrogen-bond acceptors (Lipinski definition) is 11. The zero-order valence-corrected chi connectivity index (χ0v) is 41.7. The van der Waals surface area contributed by atoms with Gasteiger partial charge in [0.05, 0.1) is 29.5 Å². The molecule has 3 N–H and O–H groups in total. The molecule has 2 fully saturated rings. The lowest BCUT2D eigenvalue weighted by Gasteiger charge is -2.29. The average Bonchev–Trinajstić information content (AvgIpc) is 3.98. The number of carbonyl (C=O) groups excluding carboxylic acids is 4. The number of nitrogens with zero attached hydrogens (tertiary/aromatic N) is 5. The summed E-state index contributed by atoms with van der Waals surface area (Å²) < 4.78 is 41.2. The van der Waals surface area contributed by atoms with Crippen LogP contribution in [0.15, 0.2) is 23.6 Å². The van der Waals surface area contributed by atoms with E-state index in [0.717, 1.165) is 52.8 Å². The maximum atomic E-state index is 14.5. The van der Waals surface area contributed by atoms with Crippen molar-refractivity contribution in [3.63, 3.8) is 0 Å². The lowest BCUT2D eigenvalue weighted by molar-refractivity contribution is -0.140. The SMILES string of the molecule is CNC(=O)[C@@H]1C[C@@H](Oc2nc3c(n2C(C)C)C=CCC3c2nc(CC3CCCCC3)cs2)CN1C(=O)[C@H](CCCCC/C=C\C(C)CCC(=O)NS(=O)(=O)N(C)C)NC(=O)OC(C)(C)C. The monoisotopic (exact) mass is 943 g/mol. The number of carbonyl (C=O) groups is 4. The predicted octanol–water partition coefficient (Wildman–Crippen LogP) is 7.43. The van der Waals surface area contributed by atoms with Crippen molar-refractivity contribution in [2.45, 2.75) is 174 Å². The standard InChI is InChI=1S/C47H74N8O8S2/c1-31(2)55-38-24-18-22-36(43-49-34(30-64-43)27-33-20-15-13-16-21-33)41(38)51-45(55)62-35-28-39(42(57)48-7)54(29-35)44(58)37(50-46(59)63-47(4,5)6)23-17-12-10-11-14-19-32(3)25-26-40(56)52-65(60,61)53(8)9/h14,18-19,24,30-33,35-37,39H,10-13,15-17,20-23,25-29H2,1-9H3,(H,48,57)(H,50,59)(H,52,56)/b19-14-/t32?,35-,36?,37+,39+/m1/s1. The highest BCUT2D eigenvalue weighted by Gasteiger charge is 2.44. The lowest BCUT2D eigenvalue weighted by Crippen LogP contribution is -2.53. The van der Waals surface area contributed by atoms with Gasteiger partial charge in [0.15, 0.2) is 0 Å². The van der Waals surface area contributed by atoms with Gasteiger partial charge < -0.3 is 25.0 Å². The highest BCUT2D eigenvalue weighted by Crippen LogP contribution is 2.40. The number of imidazole rings is 1. The van der Waals surface area contributed by atoms with Gasteiger partial charge in [-0.1, -0.05) is 70.1 Å². The quantitative estimate of drug-likeness (QED) is 0.0838. The predicted molar refractivity (Wildman–Crippen MR) is 254 cm³/mol. The number of amides is 4. The molecule has 5 atom stereocenters. The molecule has 1 saturated heterocycles. The molecule has 3 heterocycles. The molecule has 3 aliphatic rings. The number of alkyl carbamates (subject to hydrolysis) is 1. The van der Waals surface area contributed by atoms with Crippen LogP contribution >= 0.6 is 11.3 Å². The minimum absolute atomic E-state index is 0.00432. The van der Waals surface area contributed by atoms with Crippen LogP contribution in [0.2, 0.25) is 0 Å². The van der Waals surface area contributed by atoms with Crippen LogP contribution in [0.1, 0.15) is 165 Å². The first-order chi connectivity index (χ1) is 30.8. The van der Waals surface area contributed by atoms with Crippen LogP contribution in [-0.2, 0) is 35.8 Å². The van der Waals surface area contributed by atoms with Crippen LogP contribution in [0.25, 0.3) is 6.08 Å². The molecule has 2 unspecified atom stereocenters. The Kier molecular flexibility index (Phi) is 18.6. The number of rotatable bonds is 21. The van der Waals surface area contributed by atoms with Crippen LogP contribution in [0, 0.1) is 11.8 Å². The van der Waals surface area contributed by atoms with Crippen molar-refractivity contribution in [1.29, 1.82) is 0 Å². The summed E-state index contributed by atoms with van der Waals surface area (Å²) in [5.41, 5.74) is 2.29. The van der Waals surface area contributed by atoms with Crippen LogP contribution < -0.4 is 20.1 Å². The highest BCUT2D eigenvalue weighted by atomic mass is 32.2. The molecule has 362 valence electrons. The Morgan fingerprint density at radius 1 is 1.03 bits per heavy atom. The maximum absolute atomic E-state index is 14.5. The number of fused-ring (bicyclic) bond motifs is 1. The fourth-order valence-corrected chi connectivity index (χ4v) is 10.3. The van der Waals surface area contributed by atoms with Crippen molar-refractivity contribution in [1.82, 2.24) is 39.1 Å². The van der Waals surface area contributed by atoms with E-state index in [2.05, 4.69) is 51.3 Å². The number of hydrogen-bond donors (Lipinski definition) is 3. The summed E-state index contributed by atoms with van der Waals surface area (Å²) in [6.07, 6.45) is 19.6. The van der Waals surface area contributed by atoms with E-state index < -0.39 is 46.0 Å². The van der Waals surface area contributed by atoms with Gasteiger partial charge in [0.25, 0.3) is 6.01 Å². The minimum atomic E-state index is -3.81. The van der Waals surface area contributed by atoms with Gasteiger partial charge in [0.1, 0.15) is 28.8 Å². The zero-order valence-electron chi connectivity index (χ0n) is 40.1. The number of allylic oxidation sites excluding steroid dienone is 3. The smallest absolute Gasteiger partial charge is 0.408 e. The highest BCUT2D eigenvalue weighted by molar-refractivity contribution is 7.87. The van der Waals surface area contributed by atoms with Crippen molar-refractivity contribution < 1.29 is 37.1 Å². The van der Waals surface area contributed by atoms with Crippen molar-refractivity contribution in [2.24, 2.45) is 11.8 Å². The minimum Gasteiger partial charge on any atom is -0.459 e. The van der Waals surface area contributed by atoms with Crippen LogP contribution in [0.5, 0.6) is 6.01 Å². The van der Waals surface area contributed by atoms with Gasteiger partial charge in [-0.2, -0.15) is 17.7 Å². The summed E-state index contributed by atoms with van der Waals surface area (Å²) in [5.74, 6) is -0.464. The largest absolute Gasteiger partial charge is 0.459 e. The molecule has 65 heavy (non-hydrogen) atoms. The first kappa shape index (κ1) is 51.7. The van der Waals surface area contributed by atoms with Crippen molar-refractivity contribution in [2.75, 3.05) is 27.7 Å². The molecule has 1 saturated carbocycles. The Morgan fingerprint density at radius 3 is 2.45 bits per heavy atom. The number of thiazole rings is 1. The second-order valence-electron chi connectivity index (χ2n) is 19.4. The van der Waals surface area contributed by atoms with Crippen LogP contribution in [0.4, 0.5) is 4.79 Å². The van der Waals surface area contributed by atoms with Crippen molar-refractivity contribution in [3.05, 3.63) is 45.7 Å². The van der Waals surface area contributed by atoms with E-state index in [1.165, 1.54) is 56.8 Å². The molecule has 5 rings (SSSR count). The van der Waals surface area contributed by atoms with Gasteiger partial charge >= 0.3 is 16.3 Å². The summed E-state index contributed by atoms with van der Waals surface area (Å²) in [5, 5.41) is 8.81. The normalized spacial score (nSPS) is 20.2. The molecule has 0 aromatic carbocycles. The van der Waals surface area contributed by atoms with Crippen molar-refractivity contribution >= 4 is 51.4 Å². The fourth-order valence-electron chi connectivity index (χ4n) is 8.81. The Morgan fingerprint density at radius 2 is 1.77 bits per heavy atom. The van der Waals surface area contributed by atoms with Gasteiger partial charge in [-0.25, -0.2) is 14.5 Å². The van der Waals surface area contributed by atoms with Crippen LogP contribution in [0.3, 0.4) is 0 Å². The molecule has 2 aromatic heterocycles. The number of likely N-dealkylation sites (tertiary alicyclic amines) is 1. The van der Waals surface area contributed by atoms with Gasteiger partial charge in [-0.05, 0) is 91.1 Å². The summed E-state index contributed by atoms with van der Waals surface area (Å²) >= 11 is 1.71. The summed E-state index contributed by atoms with van der Waals surface area (Å²) in [6, 6.07) is -1.29. The average molecular weight is 943 g/mol. The molecule has 18 heteroatoms. The maximum Gasteiger partial charge on any atom is 0.408 e. The molecular formula is C47H74N8O8S2. The van der Waals surface area contributed by atoms with Crippen molar-refractivity contribution in [3.8, 4) is 6.01 Å². The van der Waals surface area contributed by atoms with E-state index in [9.17, 15) is 27.6 Å². The molecule has 4 amide bonds. The van der Waals surface area contributed by atoms with E-state index in [-0.39, 0.29) is 49.1 Å². The molecular weight excluding hydrogens is 869 g/mol. The Hall–Kier alpha value is -4.29. The first-order valence-corrected chi connectivity index (χ1v) is 25.9. The molecule has 16 nitrogen and oxygen atoms in total. The second kappa shape index (κ2) is 23.4. The van der Waals surface area contributed by atoms with E-state index >= 15 is 0 Å². The van der Waals surface area contributed by atoms with Gasteiger partial charge in [0, 0.05) is 45.4 Å². The molecule has 0 radical (unpaired) electrons. The van der Waals surface area contributed by atoms with Crippen LogP contribution in [-0.4, -0.2) is 107 Å². The summed E-state index contributed by atoms with van der Waals surface area (Å²) in [4.78, 5) is 65.0. The number of nitrogens with one attached hydrogen (secondary N) is 3. The van der Waals surface area contributed by atoms with Gasteiger partial charge in [0.2, 0.25) is 17.7 Å². The molecule has 0 bridgehead atoms. The number of likely N-dealkylation sites (N-methyl/N-ethyl adjacent to an activating group) is 1. The van der Waals surface area contributed by atoms with E-state index in [1.807, 2.05) is 19.1 Å². The van der Waals surface area contributed by atoms with Gasteiger partial charge in [-0.15, -0.1) is 11.3 Å². The summed E-state index contributed by atoms with van der Waals surface area (Å²) in [7, 11) is 0.449. The number of aromatic nitrogens is 3. The Bertz CT molecular complexity index is 2100. The molecule has 2 aliphatic carbocycles. The topological polar surface area (TPSA) is 194 Å². The van der Waals surface area contributed by atoms with E-state index in [0.29, 0.717) is 31.2 Å². The Labute approximate surface area is 390 Å². The first-order valence-electron chi connectivity index (χ1n) is 23.6. The van der Waals surface area contributed by atoms with E-state index in [4.69, 9.17) is 19.4 Å². The molecule has 0 spiro atoms. The molecule has 2 aromatic rings. The fraction of sp³-hybridized carbons (Fsp3) is 0.702. The second-order valence-corrected chi connectivity index (χ2v) is 22.2. The third kappa shape index (κ3) is 14.9. The Balaban J connectivity index is 1.23.